The summed E-state index contributed by atoms with van der Waals surface area (Å²) in [6.45, 7) is 11.9. The molecule has 1 heterocycles. The highest BCUT2D eigenvalue weighted by atomic mass is 15.1. The molecule has 0 aliphatic carbocycles. The number of aryl methyl sites for hydroxylation is 1. The maximum absolute atomic E-state index is 5.62. The van der Waals surface area contributed by atoms with Crippen LogP contribution < -0.4 is 11.1 Å². The van der Waals surface area contributed by atoms with Crippen molar-refractivity contribution < 1.29 is 0 Å². The van der Waals surface area contributed by atoms with E-state index in [4.69, 9.17) is 5.73 Å². The van der Waals surface area contributed by atoms with Crippen LogP contribution in [0.2, 0.25) is 0 Å². The maximum Gasteiger partial charge on any atom is 0.222 e. The van der Waals surface area contributed by atoms with Gasteiger partial charge in [-0.15, -0.1) is 0 Å². The Hall–Kier alpha value is -1.32. The summed E-state index contributed by atoms with van der Waals surface area (Å²) in [5.74, 6) is 3.09. The largest absolute Gasteiger partial charge is 0.370 e. The van der Waals surface area contributed by atoms with Gasteiger partial charge in [0.15, 0.2) is 0 Å². The molecule has 1 rings (SSSR count). The monoisotopic (exact) mass is 236 g/mol. The smallest absolute Gasteiger partial charge is 0.222 e. The predicted molar refractivity (Wildman–Crippen MR) is 72.8 cm³/mol. The molecule has 0 aromatic carbocycles. The van der Waals surface area contributed by atoms with E-state index in [0.717, 1.165) is 18.1 Å². The van der Waals surface area contributed by atoms with Gasteiger partial charge in [-0.2, -0.15) is 4.98 Å². The van der Waals surface area contributed by atoms with E-state index in [1.807, 2.05) is 13.0 Å². The first-order valence-electron chi connectivity index (χ1n) is 6.25. The van der Waals surface area contributed by atoms with E-state index in [0.29, 0.717) is 23.7 Å². The Morgan fingerprint density at radius 2 is 1.76 bits per heavy atom. The van der Waals surface area contributed by atoms with Gasteiger partial charge in [0.25, 0.3) is 0 Å². The second-order valence-corrected chi connectivity index (χ2v) is 5.29. The number of nitrogen functional groups attached to an aromatic ring is 1. The van der Waals surface area contributed by atoms with Crippen LogP contribution >= 0.6 is 0 Å². The SMILES string of the molecule is Cc1cc(NCC(C(C)C)C(C)C)nc(N)n1. The average Bonchev–Trinajstić information content (AvgIpc) is 2.14. The van der Waals surface area contributed by atoms with Gasteiger partial charge in [0.1, 0.15) is 5.82 Å². The number of nitrogens with two attached hydrogens (primary N) is 1. The predicted octanol–water partition coefficient (Wildman–Crippen LogP) is 2.71. The van der Waals surface area contributed by atoms with Gasteiger partial charge < -0.3 is 11.1 Å². The second kappa shape index (κ2) is 5.84. The summed E-state index contributed by atoms with van der Waals surface area (Å²) in [5.41, 5.74) is 6.52. The molecule has 0 saturated carbocycles. The minimum Gasteiger partial charge on any atom is -0.370 e. The van der Waals surface area contributed by atoms with E-state index in [2.05, 4.69) is 43.0 Å². The molecule has 0 atom stereocenters. The van der Waals surface area contributed by atoms with Crippen molar-refractivity contribution in [1.29, 1.82) is 0 Å². The van der Waals surface area contributed by atoms with Crippen LogP contribution in [0.25, 0.3) is 0 Å². The molecule has 3 N–H and O–H groups in total. The van der Waals surface area contributed by atoms with Gasteiger partial charge in [0.05, 0.1) is 0 Å². The van der Waals surface area contributed by atoms with Crippen LogP contribution in [0, 0.1) is 24.7 Å². The van der Waals surface area contributed by atoms with Crippen molar-refractivity contribution in [1.82, 2.24) is 9.97 Å². The summed E-state index contributed by atoms with van der Waals surface area (Å²) in [7, 11) is 0. The molecule has 1 aromatic rings. The highest BCUT2D eigenvalue weighted by Gasteiger charge is 2.17. The summed E-state index contributed by atoms with van der Waals surface area (Å²) in [4.78, 5) is 8.24. The van der Waals surface area contributed by atoms with Gasteiger partial charge in [-0.1, -0.05) is 27.7 Å². The molecular formula is C13H24N4. The molecule has 0 spiro atoms. The van der Waals surface area contributed by atoms with Gasteiger partial charge in [-0.3, -0.25) is 0 Å². The summed E-state index contributed by atoms with van der Waals surface area (Å²) in [5, 5.41) is 3.36. The molecule has 96 valence electrons. The molecule has 17 heavy (non-hydrogen) atoms. The van der Waals surface area contributed by atoms with Crippen molar-refractivity contribution in [3.63, 3.8) is 0 Å². The quantitative estimate of drug-likeness (QED) is 0.825. The van der Waals surface area contributed by atoms with Crippen molar-refractivity contribution >= 4 is 11.8 Å². The van der Waals surface area contributed by atoms with Crippen LogP contribution in [0.3, 0.4) is 0 Å². The Bertz CT molecular complexity index is 332. The van der Waals surface area contributed by atoms with Crippen LogP contribution in [0.1, 0.15) is 33.4 Å². The van der Waals surface area contributed by atoms with Crippen molar-refractivity contribution in [2.75, 3.05) is 17.6 Å². The molecule has 0 aliphatic heterocycles. The van der Waals surface area contributed by atoms with Gasteiger partial charge in [0.2, 0.25) is 5.95 Å². The maximum atomic E-state index is 5.62. The Kier molecular flexibility index (Phi) is 4.73. The molecule has 4 heteroatoms. The fourth-order valence-electron chi connectivity index (χ4n) is 2.15. The van der Waals surface area contributed by atoms with Crippen LogP contribution in [0.4, 0.5) is 11.8 Å². The highest BCUT2D eigenvalue weighted by molar-refractivity contribution is 5.40. The molecule has 0 bridgehead atoms. The highest BCUT2D eigenvalue weighted by Crippen LogP contribution is 2.21. The number of hydrogen-bond donors (Lipinski definition) is 2. The number of nitrogens with one attached hydrogen (secondary N) is 1. The van der Waals surface area contributed by atoms with E-state index in [-0.39, 0.29) is 0 Å². The topological polar surface area (TPSA) is 63.8 Å². The molecule has 0 unspecified atom stereocenters. The Morgan fingerprint density at radius 3 is 2.24 bits per heavy atom. The molecular weight excluding hydrogens is 212 g/mol. The third-order valence-electron chi connectivity index (χ3n) is 3.10. The third kappa shape index (κ3) is 4.21. The lowest BCUT2D eigenvalue weighted by Gasteiger charge is -2.25. The van der Waals surface area contributed by atoms with Crippen LogP contribution in [-0.2, 0) is 0 Å². The van der Waals surface area contributed by atoms with Crippen molar-refractivity contribution in [3.8, 4) is 0 Å². The van der Waals surface area contributed by atoms with Gasteiger partial charge in [-0.25, -0.2) is 4.98 Å². The lowest BCUT2D eigenvalue weighted by atomic mass is 9.85. The number of anilines is 2. The van der Waals surface area contributed by atoms with Crippen molar-refractivity contribution in [3.05, 3.63) is 11.8 Å². The number of rotatable bonds is 5. The minimum atomic E-state index is 0.332. The minimum absolute atomic E-state index is 0.332. The fraction of sp³-hybridized carbons (Fsp3) is 0.692. The van der Waals surface area contributed by atoms with E-state index in [1.54, 1.807) is 0 Å². The molecule has 0 radical (unpaired) electrons. The van der Waals surface area contributed by atoms with Gasteiger partial charge in [0, 0.05) is 18.3 Å². The molecule has 0 amide bonds. The summed E-state index contributed by atoms with van der Waals surface area (Å²) < 4.78 is 0. The fourth-order valence-corrected chi connectivity index (χ4v) is 2.15. The first kappa shape index (κ1) is 13.7. The van der Waals surface area contributed by atoms with E-state index in [1.165, 1.54) is 0 Å². The first-order chi connectivity index (χ1) is 7.90. The van der Waals surface area contributed by atoms with Crippen molar-refractivity contribution in [2.24, 2.45) is 17.8 Å². The molecule has 1 aromatic heterocycles. The van der Waals surface area contributed by atoms with Crippen molar-refractivity contribution in [2.45, 2.75) is 34.6 Å². The summed E-state index contributed by atoms with van der Waals surface area (Å²) in [6, 6.07) is 1.92. The van der Waals surface area contributed by atoms with Crippen LogP contribution in [-0.4, -0.2) is 16.5 Å². The molecule has 4 nitrogen and oxygen atoms in total. The Labute approximate surface area is 104 Å². The summed E-state index contributed by atoms with van der Waals surface area (Å²) in [6.07, 6.45) is 0. The van der Waals surface area contributed by atoms with E-state index in [9.17, 15) is 0 Å². The Morgan fingerprint density at radius 1 is 1.18 bits per heavy atom. The zero-order valence-corrected chi connectivity index (χ0v) is 11.5. The number of nitrogens with zero attached hydrogens (tertiary/aromatic N) is 2. The standard InChI is InChI=1S/C13H24N4/c1-8(2)11(9(3)4)7-15-12-6-10(5)16-13(14)17-12/h6,8-9,11H,7H2,1-5H3,(H3,14,15,16,17). The zero-order valence-electron chi connectivity index (χ0n) is 11.5. The van der Waals surface area contributed by atoms with E-state index >= 15 is 0 Å². The third-order valence-corrected chi connectivity index (χ3v) is 3.10. The molecule has 0 saturated heterocycles. The zero-order chi connectivity index (χ0) is 13.0. The normalized spacial score (nSPS) is 11.5. The van der Waals surface area contributed by atoms with Gasteiger partial charge in [-0.05, 0) is 24.7 Å². The first-order valence-corrected chi connectivity index (χ1v) is 6.25. The number of hydrogen-bond acceptors (Lipinski definition) is 4. The van der Waals surface area contributed by atoms with Crippen LogP contribution in [0.5, 0.6) is 0 Å². The Balaban J connectivity index is 2.65. The second-order valence-electron chi connectivity index (χ2n) is 5.29. The van der Waals surface area contributed by atoms with E-state index < -0.39 is 0 Å². The molecule has 0 aliphatic rings. The van der Waals surface area contributed by atoms with Crippen LogP contribution in [0.15, 0.2) is 6.07 Å². The lowest BCUT2D eigenvalue weighted by molar-refractivity contribution is 0.304. The number of aromatic nitrogens is 2. The van der Waals surface area contributed by atoms with Gasteiger partial charge >= 0.3 is 0 Å². The molecule has 0 fully saturated rings. The average molecular weight is 236 g/mol. The summed E-state index contributed by atoms with van der Waals surface area (Å²) >= 11 is 0. The lowest BCUT2D eigenvalue weighted by Crippen LogP contribution is -2.25.